The van der Waals surface area contributed by atoms with Crippen molar-refractivity contribution in [3.05, 3.63) is 86.1 Å². The maximum absolute atomic E-state index is 12.3. The van der Waals surface area contributed by atoms with Gasteiger partial charge in [-0.05, 0) is 30.7 Å². The van der Waals surface area contributed by atoms with E-state index in [2.05, 4.69) is 0 Å². The summed E-state index contributed by atoms with van der Waals surface area (Å²) in [7, 11) is 0. The van der Waals surface area contributed by atoms with E-state index in [1.165, 1.54) is 24.3 Å². The van der Waals surface area contributed by atoms with Gasteiger partial charge >= 0.3 is 10.9 Å². The van der Waals surface area contributed by atoms with Gasteiger partial charge in [0.25, 0.3) is 5.69 Å². The second kappa shape index (κ2) is 8.41. The first-order valence-corrected chi connectivity index (χ1v) is 9.93. The summed E-state index contributed by atoms with van der Waals surface area (Å²) in [4.78, 5) is 33.7. The fourth-order valence-corrected chi connectivity index (χ4v) is 3.65. The predicted molar refractivity (Wildman–Crippen MR) is 115 cm³/mol. The number of nitro groups is 1. The van der Waals surface area contributed by atoms with Crippen LogP contribution in [0.4, 0.5) is 5.69 Å². The van der Waals surface area contributed by atoms with Crippen LogP contribution in [0.25, 0.3) is 21.4 Å². The van der Waals surface area contributed by atoms with E-state index in [9.17, 15) is 19.7 Å². The van der Waals surface area contributed by atoms with Gasteiger partial charge in [-0.15, -0.1) is 0 Å². The van der Waals surface area contributed by atoms with Gasteiger partial charge in [0.1, 0.15) is 11.5 Å². The first-order valence-electron chi connectivity index (χ1n) is 9.12. The van der Waals surface area contributed by atoms with Crippen LogP contribution < -0.4 is 14.4 Å². The van der Waals surface area contributed by atoms with E-state index in [4.69, 9.17) is 13.9 Å². The second-order valence-electron chi connectivity index (χ2n) is 6.63. The zero-order chi connectivity index (χ0) is 22.0. The number of aryl methyl sites for hydroxylation is 1. The number of non-ortho nitro benzene ring substituents is 1. The van der Waals surface area contributed by atoms with E-state index >= 15 is 0 Å². The highest BCUT2D eigenvalue weighted by molar-refractivity contribution is 7.16. The summed E-state index contributed by atoms with van der Waals surface area (Å²) in [5, 5.41) is 10.7. The average Bonchev–Trinajstić information content (AvgIpc) is 3.12. The van der Waals surface area contributed by atoms with E-state index in [0.29, 0.717) is 21.6 Å². The minimum atomic E-state index is -0.664. The molecule has 1 heterocycles. The van der Waals surface area contributed by atoms with Crippen LogP contribution in [0.1, 0.15) is 5.56 Å². The molecule has 0 saturated carbocycles. The number of hydrogen-bond acceptors (Lipinski definition) is 8. The second-order valence-corrected chi connectivity index (χ2v) is 7.61. The summed E-state index contributed by atoms with van der Waals surface area (Å²) < 4.78 is 16.6. The molecule has 4 aromatic rings. The van der Waals surface area contributed by atoms with Crippen molar-refractivity contribution in [3.8, 4) is 22.6 Å². The van der Waals surface area contributed by atoms with Gasteiger partial charge in [0.15, 0.2) is 12.2 Å². The zero-order valence-corrected chi connectivity index (χ0v) is 17.0. The summed E-state index contributed by atoms with van der Waals surface area (Å²) >= 11 is 0.919. The first-order chi connectivity index (χ1) is 14.9. The van der Waals surface area contributed by atoms with Crippen LogP contribution in [-0.4, -0.2) is 17.5 Å². The number of nitro benzene ring substituents is 1. The molecule has 31 heavy (non-hydrogen) atoms. The molecule has 0 spiro atoms. The Morgan fingerprint density at radius 2 is 1.77 bits per heavy atom. The molecule has 0 atom stereocenters. The number of benzene rings is 3. The van der Waals surface area contributed by atoms with Crippen molar-refractivity contribution in [2.45, 2.75) is 6.92 Å². The Morgan fingerprint density at radius 3 is 2.45 bits per heavy atom. The maximum Gasteiger partial charge on any atom is 0.396 e. The topological polar surface area (TPSA) is 109 Å². The lowest BCUT2D eigenvalue weighted by molar-refractivity contribution is -0.384. The van der Waals surface area contributed by atoms with Gasteiger partial charge in [-0.1, -0.05) is 41.2 Å². The van der Waals surface area contributed by atoms with Crippen molar-refractivity contribution in [1.82, 2.24) is 0 Å². The minimum absolute atomic E-state index is 0.0778. The smallest absolute Gasteiger partial charge is 0.396 e. The highest BCUT2D eigenvalue weighted by Crippen LogP contribution is 2.34. The molecule has 1 aromatic heterocycles. The number of ether oxygens (including phenoxy) is 2. The number of esters is 1. The fraction of sp³-hybridized carbons (Fsp3) is 0.0909. The summed E-state index contributed by atoms with van der Waals surface area (Å²) in [6, 6.07) is 16.2. The lowest BCUT2D eigenvalue weighted by atomic mass is 10.0. The largest absolute Gasteiger partial charge is 0.482 e. The Hall–Kier alpha value is -3.98. The molecule has 9 heteroatoms. The number of rotatable bonds is 6. The quantitative estimate of drug-likeness (QED) is 0.186. The van der Waals surface area contributed by atoms with Crippen molar-refractivity contribution in [2.24, 2.45) is 0 Å². The molecule has 0 aliphatic rings. The number of fused-ring (bicyclic) bond motifs is 1. The molecule has 3 aromatic carbocycles. The van der Waals surface area contributed by atoms with Crippen molar-refractivity contribution >= 4 is 33.3 Å². The van der Waals surface area contributed by atoms with Crippen LogP contribution in [0.15, 0.2) is 69.9 Å². The van der Waals surface area contributed by atoms with Crippen LogP contribution in [0, 0.1) is 17.0 Å². The van der Waals surface area contributed by atoms with Gasteiger partial charge in [-0.2, -0.15) is 0 Å². The third-order valence-corrected chi connectivity index (χ3v) is 5.18. The highest BCUT2D eigenvalue weighted by atomic mass is 32.1. The Kier molecular flexibility index (Phi) is 5.50. The predicted octanol–water partition coefficient (Wildman–Crippen LogP) is 4.72. The van der Waals surface area contributed by atoms with E-state index in [1.54, 1.807) is 12.1 Å². The monoisotopic (exact) mass is 437 g/mol. The Labute approximate surface area is 179 Å². The molecule has 0 amide bonds. The molecule has 0 saturated heterocycles. The van der Waals surface area contributed by atoms with Crippen molar-refractivity contribution in [2.75, 3.05) is 6.61 Å². The summed E-state index contributed by atoms with van der Waals surface area (Å²) in [5.41, 5.74) is 2.89. The average molecular weight is 437 g/mol. The van der Waals surface area contributed by atoms with Gasteiger partial charge < -0.3 is 13.9 Å². The standard InChI is InChI=1S/C22H15NO7S/c1-13-2-4-14(5-3-13)18-10-17(11-19-21(18)30-22(25)31-19)29-20(24)12-28-16-8-6-15(7-9-16)23(26)27/h2-11H,12H2,1H3. The number of nitrogens with zero attached hydrogens (tertiary/aromatic N) is 1. The molecule has 156 valence electrons. The van der Waals surface area contributed by atoms with Gasteiger partial charge in [-0.3, -0.25) is 10.1 Å². The summed E-state index contributed by atoms with van der Waals surface area (Å²) in [6.07, 6.45) is 0. The van der Waals surface area contributed by atoms with Crippen LogP contribution in [0.2, 0.25) is 0 Å². The highest BCUT2D eigenvalue weighted by Gasteiger charge is 2.15. The first kappa shape index (κ1) is 20.3. The maximum atomic E-state index is 12.3. The minimum Gasteiger partial charge on any atom is -0.482 e. The van der Waals surface area contributed by atoms with Crippen molar-refractivity contribution in [3.63, 3.8) is 0 Å². The van der Waals surface area contributed by atoms with Gasteiger partial charge in [0, 0.05) is 23.8 Å². The molecule has 8 nitrogen and oxygen atoms in total. The summed E-state index contributed by atoms with van der Waals surface area (Å²) in [6.45, 7) is 1.57. The number of carbonyl (C=O) groups is 1. The van der Waals surface area contributed by atoms with E-state index in [0.717, 1.165) is 22.5 Å². The van der Waals surface area contributed by atoms with Gasteiger partial charge in [-0.25, -0.2) is 9.59 Å². The normalized spacial score (nSPS) is 10.7. The third-order valence-electron chi connectivity index (χ3n) is 4.41. The SMILES string of the molecule is Cc1ccc(-c2cc(OC(=O)COc3ccc([N+](=O)[O-])cc3)cc3sc(=O)oc23)cc1. The Morgan fingerprint density at radius 1 is 1.06 bits per heavy atom. The van der Waals surface area contributed by atoms with Crippen LogP contribution in [-0.2, 0) is 4.79 Å². The molecule has 0 aliphatic heterocycles. The van der Waals surface area contributed by atoms with E-state index < -0.39 is 22.4 Å². The van der Waals surface area contributed by atoms with Crippen LogP contribution in [0.3, 0.4) is 0 Å². The zero-order valence-electron chi connectivity index (χ0n) is 16.2. The number of carbonyl (C=O) groups excluding carboxylic acids is 1. The Bertz CT molecular complexity index is 1320. The van der Waals surface area contributed by atoms with Crippen molar-refractivity contribution in [1.29, 1.82) is 0 Å². The number of hydrogen-bond donors (Lipinski definition) is 0. The summed E-state index contributed by atoms with van der Waals surface area (Å²) in [5.74, 6) is -0.118. The molecule has 0 N–H and O–H groups in total. The van der Waals surface area contributed by atoms with Crippen LogP contribution in [0.5, 0.6) is 11.5 Å². The van der Waals surface area contributed by atoms with Crippen molar-refractivity contribution < 1.29 is 23.6 Å². The van der Waals surface area contributed by atoms with E-state index in [1.807, 2.05) is 31.2 Å². The van der Waals surface area contributed by atoms with E-state index in [-0.39, 0.29) is 11.4 Å². The lowest BCUT2D eigenvalue weighted by Gasteiger charge is -2.09. The third kappa shape index (κ3) is 4.62. The molecular weight excluding hydrogens is 422 g/mol. The lowest BCUT2D eigenvalue weighted by Crippen LogP contribution is -2.17. The molecule has 4 rings (SSSR count). The van der Waals surface area contributed by atoms with Crippen LogP contribution >= 0.6 is 11.3 Å². The molecule has 0 unspecified atom stereocenters. The Balaban J connectivity index is 1.53. The molecule has 0 bridgehead atoms. The molecule has 0 fully saturated rings. The molecule has 0 radical (unpaired) electrons. The molecule has 0 aliphatic carbocycles. The fourth-order valence-electron chi connectivity index (χ4n) is 2.93. The van der Waals surface area contributed by atoms with Gasteiger partial charge in [0.2, 0.25) is 0 Å². The van der Waals surface area contributed by atoms with Gasteiger partial charge in [0.05, 0.1) is 9.62 Å². The molecular formula is C22H15NO7S.